The van der Waals surface area contributed by atoms with Crippen LogP contribution in [0.1, 0.15) is 19.3 Å². The Hall–Kier alpha value is -1.56. The number of piperidine rings is 1. The predicted octanol–water partition coefficient (Wildman–Crippen LogP) is 1.66. The second-order valence-electron chi connectivity index (χ2n) is 4.24. The van der Waals surface area contributed by atoms with E-state index in [1.165, 1.54) is 24.3 Å². The van der Waals surface area contributed by atoms with Crippen LogP contribution >= 0.6 is 0 Å². The molecule has 0 spiro atoms. The van der Waals surface area contributed by atoms with Crippen LogP contribution < -0.4 is 0 Å². The van der Waals surface area contributed by atoms with Gasteiger partial charge in [-0.15, -0.1) is 0 Å². The van der Waals surface area contributed by atoms with E-state index >= 15 is 0 Å². The summed E-state index contributed by atoms with van der Waals surface area (Å²) in [5, 5.41) is 0. The average Bonchev–Trinajstić information content (AvgIpc) is 2.40. The van der Waals surface area contributed by atoms with Crippen LogP contribution in [0.25, 0.3) is 0 Å². The quantitative estimate of drug-likeness (QED) is 0.626. The van der Waals surface area contributed by atoms with Gasteiger partial charge in [0, 0.05) is 6.54 Å². The van der Waals surface area contributed by atoms with E-state index in [-0.39, 0.29) is 11.4 Å². The first-order valence-corrected chi connectivity index (χ1v) is 7.35. The molecule has 1 aliphatic heterocycles. The first kappa shape index (κ1) is 13.9. The van der Waals surface area contributed by atoms with Gasteiger partial charge < -0.3 is 0 Å². The minimum Gasteiger partial charge on any atom is -0.211 e. The molecule has 1 unspecified atom stereocenters. The Morgan fingerprint density at radius 2 is 2.05 bits per heavy atom. The molecule has 1 fully saturated rings. The molecule has 0 amide bonds. The molecule has 1 aromatic rings. The number of halogens is 1. The monoisotopic (exact) mass is 284 g/mol. The van der Waals surface area contributed by atoms with Gasteiger partial charge in [0.1, 0.15) is 16.9 Å². The second-order valence-corrected chi connectivity index (χ2v) is 6.10. The fourth-order valence-electron chi connectivity index (χ4n) is 2.14. The first-order valence-electron chi connectivity index (χ1n) is 5.90. The van der Waals surface area contributed by atoms with Gasteiger partial charge in [-0.3, -0.25) is 0 Å². The van der Waals surface area contributed by atoms with Crippen LogP contribution in [0, 0.1) is 5.82 Å². The third kappa shape index (κ3) is 2.73. The molecule has 19 heavy (non-hydrogen) atoms. The highest BCUT2D eigenvalue weighted by molar-refractivity contribution is 7.89. The molecule has 5 nitrogen and oxygen atoms in total. The molecular weight excluding hydrogens is 271 g/mol. The highest BCUT2D eigenvalue weighted by atomic mass is 32.2. The molecule has 1 aromatic carbocycles. The highest BCUT2D eigenvalue weighted by Gasteiger charge is 2.34. The van der Waals surface area contributed by atoms with E-state index in [0.717, 1.165) is 16.8 Å². The van der Waals surface area contributed by atoms with Crippen LogP contribution in [0.2, 0.25) is 0 Å². The van der Waals surface area contributed by atoms with Crippen molar-refractivity contribution in [2.75, 3.05) is 6.54 Å². The molecule has 1 heterocycles. The summed E-state index contributed by atoms with van der Waals surface area (Å²) < 4.78 is 39.5. The number of rotatable bonds is 3. The van der Waals surface area contributed by atoms with Crippen molar-refractivity contribution in [3.05, 3.63) is 30.1 Å². The summed E-state index contributed by atoms with van der Waals surface area (Å²) in [5.41, 5.74) is 0. The average molecular weight is 284 g/mol. The summed E-state index contributed by atoms with van der Waals surface area (Å²) in [6.45, 7) is 0.229. The molecule has 1 atom stereocenters. The highest BCUT2D eigenvalue weighted by Crippen LogP contribution is 2.27. The molecule has 0 saturated carbocycles. The van der Waals surface area contributed by atoms with Crippen LogP contribution in [-0.4, -0.2) is 31.5 Å². The maximum Gasteiger partial charge on any atom is 0.247 e. The van der Waals surface area contributed by atoms with Gasteiger partial charge in [0.25, 0.3) is 0 Å². The Labute approximate surface area is 110 Å². The predicted molar refractivity (Wildman–Crippen MR) is 66.1 cm³/mol. The van der Waals surface area contributed by atoms with Crippen molar-refractivity contribution >= 4 is 16.1 Å². The standard InChI is InChI=1S/C12H13FN2O3S/c13-10-5-1-2-6-11(10)19(17,18)15-8-4-3-7-12(15)14-9-16/h1-2,5-6,12H,3-4,7-8H2. The van der Waals surface area contributed by atoms with Gasteiger partial charge in [-0.25, -0.2) is 17.6 Å². The number of hydrogen-bond acceptors (Lipinski definition) is 4. The molecule has 0 bridgehead atoms. The van der Waals surface area contributed by atoms with Gasteiger partial charge in [0.2, 0.25) is 16.1 Å². The number of isocyanates is 1. The Bertz CT molecular complexity index is 611. The van der Waals surface area contributed by atoms with E-state index in [4.69, 9.17) is 0 Å². The van der Waals surface area contributed by atoms with Crippen LogP contribution in [-0.2, 0) is 14.8 Å². The molecule has 0 aromatic heterocycles. The van der Waals surface area contributed by atoms with Crippen molar-refractivity contribution in [1.82, 2.24) is 4.31 Å². The third-order valence-electron chi connectivity index (χ3n) is 3.05. The zero-order chi connectivity index (χ0) is 13.9. The molecule has 1 saturated heterocycles. The van der Waals surface area contributed by atoms with Crippen molar-refractivity contribution < 1.29 is 17.6 Å². The van der Waals surface area contributed by atoms with Gasteiger partial charge >= 0.3 is 0 Å². The molecule has 0 radical (unpaired) electrons. The minimum atomic E-state index is -3.98. The maximum absolute atomic E-state index is 13.6. The largest absolute Gasteiger partial charge is 0.247 e. The summed E-state index contributed by atoms with van der Waals surface area (Å²) >= 11 is 0. The number of hydrogen-bond donors (Lipinski definition) is 0. The SMILES string of the molecule is O=C=NC1CCCCN1S(=O)(=O)c1ccccc1F. The van der Waals surface area contributed by atoms with Crippen molar-refractivity contribution in [2.45, 2.75) is 30.3 Å². The van der Waals surface area contributed by atoms with E-state index < -0.39 is 22.0 Å². The molecule has 0 aliphatic carbocycles. The van der Waals surface area contributed by atoms with E-state index in [2.05, 4.69) is 4.99 Å². The lowest BCUT2D eigenvalue weighted by molar-refractivity contribution is 0.258. The number of nitrogens with zero attached hydrogens (tertiary/aromatic N) is 2. The number of aliphatic imine (C=N–C) groups is 1. The van der Waals surface area contributed by atoms with Crippen molar-refractivity contribution in [1.29, 1.82) is 0 Å². The zero-order valence-electron chi connectivity index (χ0n) is 10.1. The summed E-state index contributed by atoms with van der Waals surface area (Å²) in [4.78, 5) is 13.5. The molecule has 7 heteroatoms. The Morgan fingerprint density at radius 1 is 1.32 bits per heavy atom. The molecule has 0 N–H and O–H groups in total. The van der Waals surface area contributed by atoms with E-state index in [1.54, 1.807) is 0 Å². The van der Waals surface area contributed by atoms with Crippen molar-refractivity contribution in [3.63, 3.8) is 0 Å². The molecule has 102 valence electrons. The van der Waals surface area contributed by atoms with Gasteiger partial charge in [0.05, 0.1) is 0 Å². The summed E-state index contributed by atoms with van der Waals surface area (Å²) in [7, 11) is -3.98. The number of sulfonamides is 1. The van der Waals surface area contributed by atoms with Gasteiger partial charge in [-0.1, -0.05) is 12.1 Å². The topological polar surface area (TPSA) is 66.8 Å². The summed E-state index contributed by atoms with van der Waals surface area (Å²) in [6, 6.07) is 5.18. The molecule has 2 rings (SSSR count). The van der Waals surface area contributed by atoms with Crippen LogP contribution in [0.15, 0.2) is 34.2 Å². The Kier molecular flexibility index (Phi) is 4.09. The van der Waals surface area contributed by atoms with E-state index in [0.29, 0.717) is 12.8 Å². The normalized spacial score (nSPS) is 20.8. The van der Waals surface area contributed by atoms with Crippen molar-refractivity contribution in [3.8, 4) is 0 Å². The van der Waals surface area contributed by atoms with Crippen molar-refractivity contribution in [2.24, 2.45) is 4.99 Å². The molecular formula is C12H13FN2O3S. The van der Waals surface area contributed by atoms with E-state index in [1.807, 2.05) is 0 Å². The summed E-state index contributed by atoms with van der Waals surface area (Å²) in [6.07, 6.45) is 2.49. The van der Waals surface area contributed by atoms with E-state index in [9.17, 15) is 17.6 Å². The number of carbonyl (C=O) groups excluding carboxylic acids is 1. The lowest BCUT2D eigenvalue weighted by atomic mass is 10.1. The van der Waals surface area contributed by atoms with Crippen LogP contribution in [0.3, 0.4) is 0 Å². The van der Waals surface area contributed by atoms with Gasteiger partial charge in [-0.2, -0.15) is 9.30 Å². The second kappa shape index (κ2) is 5.61. The van der Waals surface area contributed by atoms with Gasteiger partial charge in [-0.05, 0) is 31.4 Å². The fourth-order valence-corrected chi connectivity index (χ4v) is 3.80. The Balaban J connectivity index is 2.43. The minimum absolute atomic E-state index is 0.229. The maximum atomic E-state index is 13.6. The van der Waals surface area contributed by atoms with Crippen LogP contribution in [0.5, 0.6) is 0 Å². The van der Waals surface area contributed by atoms with Crippen LogP contribution in [0.4, 0.5) is 4.39 Å². The fraction of sp³-hybridized carbons (Fsp3) is 0.417. The molecule has 1 aliphatic rings. The lowest BCUT2D eigenvalue weighted by Gasteiger charge is -2.31. The smallest absolute Gasteiger partial charge is 0.211 e. The van der Waals surface area contributed by atoms with Gasteiger partial charge in [0.15, 0.2) is 0 Å². The zero-order valence-corrected chi connectivity index (χ0v) is 10.9. The number of benzene rings is 1. The third-order valence-corrected chi connectivity index (χ3v) is 4.98. The first-order chi connectivity index (χ1) is 9.07. The summed E-state index contributed by atoms with van der Waals surface area (Å²) in [5.74, 6) is -0.804. The lowest BCUT2D eigenvalue weighted by Crippen LogP contribution is -2.42. The Morgan fingerprint density at radius 3 is 2.74 bits per heavy atom.